The van der Waals surface area contributed by atoms with Crippen LogP contribution in [0.1, 0.15) is 25.8 Å². The van der Waals surface area contributed by atoms with E-state index in [1.165, 1.54) is 36.3 Å². The number of ether oxygens (including phenoxy) is 1. The van der Waals surface area contributed by atoms with Crippen molar-refractivity contribution < 1.29 is 19.2 Å². The van der Waals surface area contributed by atoms with E-state index in [0.717, 1.165) is 0 Å². The number of carbonyl (C=O) groups is 2. The van der Waals surface area contributed by atoms with E-state index in [2.05, 4.69) is 0 Å². The average Bonchev–Trinajstić information content (AvgIpc) is 2.80. The van der Waals surface area contributed by atoms with Crippen LogP contribution in [-0.4, -0.2) is 35.4 Å². The van der Waals surface area contributed by atoms with Crippen LogP contribution in [0.3, 0.4) is 0 Å². The Kier molecular flexibility index (Phi) is 5.58. The molecule has 25 heavy (non-hydrogen) atoms. The van der Waals surface area contributed by atoms with Crippen molar-refractivity contribution >= 4 is 35.2 Å². The monoisotopic (exact) mass is 364 g/mol. The van der Waals surface area contributed by atoms with Gasteiger partial charge in [-0.25, -0.2) is 4.79 Å². The summed E-state index contributed by atoms with van der Waals surface area (Å²) >= 11 is 6.10. The zero-order valence-corrected chi connectivity index (χ0v) is 14.8. The van der Waals surface area contributed by atoms with Gasteiger partial charge >= 0.3 is 5.97 Å². The lowest BCUT2D eigenvalue weighted by Crippen LogP contribution is -2.25. The van der Waals surface area contributed by atoms with Gasteiger partial charge in [-0.05, 0) is 25.5 Å². The summed E-state index contributed by atoms with van der Waals surface area (Å²) in [5.74, 6) is -1.00. The van der Waals surface area contributed by atoms with Crippen LogP contribution in [0.15, 0.2) is 35.0 Å². The molecule has 8 heteroatoms. The van der Waals surface area contributed by atoms with Gasteiger partial charge in [0.15, 0.2) is 0 Å². The van der Waals surface area contributed by atoms with Crippen LogP contribution in [0.4, 0.5) is 5.69 Å². The van der Waals surface area contributed by atoms with Gasteiger partial charge in [0.2, 0.25) is 0 Å². The number of hydrogen-bond donors (Lipinski definition) is 0. The number of hydrogen-bond acceptors (Lipinski definition) is 5. The van der Waals surface area contributed by atoms with Gasteiger partial charge in [0.1, 0.15) is 0 Å². The number of rotatable bonds is 5. The van der Waals surface area contributed by atoms with Crippen molar-refractivity contribution in [3.05, 3.63) is 55.7 Å². The van der Waals surface area contributed by atoms with Crippen LogP contribution < -0.4 is 0 Å². The summed E-state index contributed by atoms with van der Waals surface area (Å²) in [7, 11) is 1.23. The highest BCUT2D eigenvalue weighted by Gasteiger charge is 2.36. The van der Waals surface area contributed by atoms with Crippen molar-refractivity contribution in [3.8, 4) is 0 Å². The van der Waals surface area contributed by atoms with E-state index in [1.54, 1.807) is 6.92 Å². The molecule has 7 nitrogen and oxygen atoms in total. The minimum atomic E-state index is -0.641. The Labute approximate surface area is 149 Å². The first-order valence-electron chi connectivity index (χ1n) is 7.58. The molecule has 0 aromatic heterocycles. The lowest BCUT2D eigenvalue weighted by atomic mass is 10.0. The number of carbonyl (C=O) groups excluding carboxylic acids is 2. The first kappa shape index (κ1) is 18.7. The van der Waals surface area contributed by atoms with Gasteiger partial charge in [-0.3, -0.25) is 14.9 Å². The second-order valence-corrected chi connectivity index (χ2v) is 5.84. The van der Waals surface area contributed by atoms with Gasteiger partial charge in [-0.15, -0.1) is 0 Å². The Morgan fingerprint density at radius 1 is 1.44 bits per heavy atom. The molecule has 1 aliphatic rings. The van der Waals surface area contributed by atoms with E-state index in [4.69, 9.17) is 16.3 Å². The summed E-state index contributed by atoms with van der Waals surface area (Å²) < 4.78 is 4.78. The highest BCUT2D eigenvalue weighted by Crippen LogP contribution is 2.33. The molecule has 0 bridgehead atoms. The number of benzene rings is 1. The molecule has 1 aliphatic heterocycles. The average molecular weight is 365 g/mol. The fraction of sp³-hybridized carbons (Fsp3) is 0.294. The molecule has 1 aromatic rings. The zero-order valence-electron chi connectivity index (χ0n) is 14.0. The Morgan fingerprint density at radius 3 is 2.68 bits per heavy atom. The van der Waals surface area contributed by atoms with E-state index in [-0.39, 0.29) is 33.3 Å². The highest BCUT2D eigenvalue weighted by atomic mass is 35.5. The summed E-state index contributed by atoms with van der Waals surface area (Å²) in [4.78, 5) is 36.7. The zero-order chi connectivity index (χ0) is 18.7. The quantitative estimate of drug-likeness (QED) is 0.346. The van der Waals surface area contributed by atoms with Crippen LogP contribution in [0.5, 0.6) is 0 Å². The van der Waals surface area contributed by atoms with Crippen molar-refractivity contribution in [1.82, 2.24) is 4.90 Å². The van der Waals surface area contributed by atoms with Gasteiger partial charge in [0.25, 0.3) is 11.6 Å². The van der Waals surface area contributed by atoms with Crippen LogP contribution in [-0.2, 0) is 14.3 Å². The molecule has 1 aromatic carbocycles. The first-order chi connectivity index (χ1) is 11.8. The number of halogens is 1. The highest BCUT2D eigenvalue weighted by molar-refractivity contribution is 6.32. The summed E-state index contributed by atoms with van der Waals surface area (Å²) in [6.45, 7) is 4.03. The molecule has 0 aliphatic carbocycles. The van der Waals surface area contributed by atoms with Gasteiger partial charge < -0.3 is 9.64 Å². The molecule has 0 saturated heterocycles. The molecule has 0 unspecified atom stereocenters. The lowest BCUT2D eigenvalue weighted by molar-refractivity contribution is -0.384. The number of esters is 1. The van der Waals surface area contributed by atoms with Crippen LogP contribution in [0, 0.1) is 10.1 Å². The summed E-state index contributed by atoms with van der Waals surface area (Å²) in [6, 6.07) is 3.91. The van der Waals surface area contributed by atoms with Gasteiger partial charge in [-0.1, -0.05) is 18.5 Å². The standard InChI is InChI=1S/C17H17ClN2O5/c1-4-7-19-10(2)15(17(22)25-3)13(16(19)21)9-11-8-12(20(23)24)5-6-14(11)18/h5-6,8-9H,4,7H2,1-3H3. The number of nitrogens with zero attached hydrogens (tertiary/aromatic N) is 2. The third-order valence-corrected chi connectivity index (χ3v) is 4.18. The molecule has 1 heterocycles. The topological polar surface area (TPSA) is 89.8 Å². The van der Waals surface area contributed by atoms with Crippen LogP contribution >= 0.6 is 11.6 Å². The molecule has 0 radical (unpaired) electrons. The molecule has 1 amide bonds. The van der Waals surface area contributed by atoms with Crippen molar-refractivity contribution in [2.75, 3.05) is 13.7 Å². The smallest absolute Gasteiger partial charge is 0.340 e. The SMILES string of the molecule is CCCN1C(=O)C(=Cc2cc([N+](=O)[O-])ccc2Cl)C(C(=O)OC)=C1C. The van der Waals surface area contributed by atoms with Gasteiger partial charge in [0.05, 0.1) is 23.2 Å². The van der Waals surface area contributed by atoms with Gasteiger partial charge in [0, 0.05) is 35.0 Å². The second-order valence-electron chi connectivity index (χ2n) is 5.43. The second kappa shape index (κ2) is 7.48. The number of allylic oxidation sites excluding steroid dienone is 1. The van der Waals surface area contributed by atoms with Crippen molar-refractivity contribution in [1.29, 1.82) is 0 Å². The summed E-state index contributed by atoms with van der Waals surface area (Å²) in [5, 5.41) is 11.2. The fourth-order valence-electron chi connectivity index (χ4n) is 2.63. The number of nitro benzene ring substituents is 1. The summed E-state index contributed by atoms with van der Waals surface area (Å²) in [5.41, 5.74) is 0.870. The Morgan fingerprint density at radius 2 is 2.12 bits per heavy atom. The molecule has 132 valence electrons. The Balaban J connectivity index is 2.61. The van der Waals surface area contributed by atoms with E-state index in [9.17, 15) is 19.7 Å². The molecule has 0 saturated carbocycles. The molecular formula is C17H17ClN2O5. The maximum absolute atomic E-state index is 12.7. The predicted octanol–water partition coefficient (Wildman–Crippen LogP) is 3.33. The normalized spacial score (nSPS) is 15.9. The minimum absolute atomic E-state index is 0.111. The Bertz CT molecular complexity index is 813. The molecule has 0 atom stereocenters. The van der Waals surface area contributed by atoms with E-state index < -0.39 is 10.9 Å². The van der Waals surface area contributed by atoms with Crippen molar-refractivity contribution in [3.63, 3.8) is 0 Å². The van der Waals surface area contributed by atoms with Crippen LogP contribution in [0.25, 0.3) is 6.08 Å². The number of non-ortho nitro benzene ring substituents is 1. The molecule has 0 N–H and O–H groups in total. The van der Waals surface area contributed by atoms with E-state index >= 15 is 0 Å². The van der Waals surface area contributed by atoms with E-state index in [0.29, 0.717) is 18.7 Å². The van der Waals surface area contributed by atoms with Crippen molar-refractivity contribution in [2.24, 2.45) is 0 Å². The molecule has 0 fully saturated rings. The molecule has 0 spiro atoms. The largest absolute Gasteiger partial charge is 0.465 e. The maximum atomic E-state index is 12.7. The third-order valence-electron chi connectivity index (χ3n) is 3.84. The molecular weight excluding hydrogens is 348 g/mol. The fourth-order valence-corrected chi connectivity index (χ4v) is 2.80. The predicted molar refractivity (Wildman–Crippen MR) is 92.8 cm³/mol. The minimum Gasteiger partial charge on any atom is -0.465 e. The van der Waals surface area contributed by atoms with E-state index in [1.807, 2.05) is 6.92 Å². The van der Waals surface area contributed by atoms with Gasteiger partial charge in [-0.2, -0.15) is 0 Å². The third kappa shape index (κ3) is 3.56. The number of methoxy groups -OCH3 is 1. The first-order valence-corrected chi connectivity index (χ1v) is 7.96. The van der Waals surface area contributed by atoms with Crippen LogP contribution in [0.2, 0.25) is 5.02 Å². The lowest BCUT2D eigenvalue weighted by Gasteiger charge is -2.16. The number of nitro groups is 1. The van der Waals surface area contributed by atoms with Crippen molar-refractivity contribution in [2.45, 2.75) is 20.3 Å². The maximum Gasteiger partial charge on any atom is 0.340 e. The summed E-state index contributed by atoms with van der Waals surface area (Å²) in [6.07, 6.45) is 2.10. The Hall–Kier alpha value is -2.67. The number of amides is 1. The molecule has 2 rings (SSSR count).